The Kier molecular flexibility index (Phi) is 4.34. The summed E-state index contributed by atoms with van der Waals surface area (Å²) in [6, 6.07) is 8.09. The molecule has 1 aromatic rings. The Hall–Kier alpha value is -1.84. The summed E-state index contributed by atoms with van der Waals surface area (Å²) < 4.78 is 4.73. The van der Waals surface area contributed by atoms with Crippen LogP contribution in [-0.2, 0) is 14.3 Å². The summed E-state index contributed by atoms with van der Waals surface area (Å²) in [5, 5.41) is 2.77. The van der Waals surface area contributed by atoms with E-state index in [1.54, 1.807) is 19.1 Å². The Bertz CT molecular complexity index is 324. The molecule has 1 unspecified atom stereocenters. The first-order valence-electron chi connectivity index (χ1n) is 4.71. The van der Waals surface area contributed by atoms with Crippen molar-refractivity contribution in [2.75, 3.05) is 11.9 Å². The number of ether oxygens (including phenoxy) is 1. The van der Waals surface area contributed by atoms with Gasteiger partial charge >= 0.3 is 5.97 Å². The molecule has 0 saturated heterocycles. The van der Waals surface area contributed by atoms with Gasteiger partial charge in [0.2, 0.25) is 0 Å². The standard InChI is InChI=1S/C11H13NO3/c1-2-15-11(14)10(8-13)12-9-6-4-3-5-7-9/h3-8,10,12H,2H2,1H3. The van der Waals surface area contributed by atoms with Gasteiger partial charge in [-0.3, -0.25) is 0 Å². The van der Waals surface area contributed by atoms with Crippen molar-refractivity contribution in [2.24, 2.45) is 0 Å². The van der Waals surface area contributed by atoms with Gasteiger partial charge in [0.25, 0.3) is 0 Å². The van der Waals surface area contributed by atoms with Crippen molar-refractivity contribution in [3.05, 3.63) is 30.3 Å². The number of carbonyl (C=O) groups is 2. The fourth-order valence-electron chi connectivity index (χ4n) is 1.09. The topological polar surface area (TPSA) is 55.4 Å². The molecule has 0 spiro atoms. The van der Waals surface area contributed by atoms with Crippen molar-refractivity contribution in [1.29, 1.82) is 0 Å². The normalized spacial score (nSPS) is 11.5. The zero-order valence-corrected chi connectivity index (χ0v) is 8.47. The van der Waals surface area contributed by atoms with Crippen LogP contribution < -0.4 is 5.32 Å². The second kappa shape index (κ2) is 5.80. The molecule has 1 N–H and O–H groups in total. The van der Waals surface area contributed by atoms with Gasteiger partial charge in [-0.25, -0.2) is 4.79 Å². The number of hydrogen-bond donors (Lipinski definition) is 1. The van der Waals surface area contributed by atoms with Crippen LogP contribution in [0.4, 0.5) is 5.69 Å². The Morgan fingerprint density at radius 3 is 2.67 bits per heavy atom. The lowest BCUT2D eigenvalue weighted by Gasteiger charge is -2.12. The summed E-state index contributed by atoms with van der Waals surface area (Å²) in [5.74, 6) is -0.559. The van der Waals surface area contributed by atoms with Crippen molar-refractivity contribution < 1.29 is 14.3 Å². The van der Waals surface area contributed by atoms with Crippen LogP contribution in [0.5, 0.6) is 0 Å². The highest BCUT2D eigenvalue weighted by Gasteiger charge is 2.17. The molecule has 80 valence electrons. The van der Waals surface area contributed by atoms with Crippen LogP contribution >= 0.6 is 0 Å². The molecule has 1 aromatic carbocycles. The van der Waals surface area contributed by atoms with Crippen LogP contribution in [-0.4, -0.2) is 24.9 Å². The Morgan fingerprint density at radius 1 is 1.47 bits per heavy atom. The number of nitrogens with one attached hydrogen (secondary N) is 1. The van der Waals surface area contributed by atoms with E-state index in [4.69, 9.17) is 4.74 Å². The molecule has 4 heteroatoms. The molecule has 1 rings (SSSR count). The summed E-state index contributed by atoms with van der Waals surface area (Å²) >= 11 is 0. The minimum absolute atomic E-state index is 0.264. The van der Waals surface area contributed by atoms with E-state index in [-0.39, 0.29) is 6.61 Å². The quantitative estimate of drug-likeness (QED) is 0.448. The van der Waals surface area contributed by atoms with Crippen molar-refractivity contribution >= 4 is 17.9 Å². The molecule has 0 bridgehead atoms. The maximum absolute atomic E-state index is 11.3. The number of para-hydroxylation sites is 1. The van der Waals surface area contributed by atoms with E-state index < -0.39 is 12.0 Å². The van der Waals surface area contributed by atoms with Gasteiger partial charge in [-0.1, -0.05) is 18.2 Å². The van der Waals surface area contributed by atoms with Crippen LogP contribution in [0, 0.1) is 0 Å². The smallest absolute Gasteiger partial charge is 0.336 e. The minimum Gasteiger partial charge on any atom is -0.464 e. The monoisotopic (exact) mass is 207 g/mol. The molecule has 0 aliphatic heterocycles. The van der Waals surface area contributed by atoms with E-state index in [9.17, 15) is 9.59 Å². The third kappa shape index (κ3) is 3.42. The molecule has 0 aliphatic rings. The predicted molar refractivity (Wildman–Crippen MR) is 56.5 cm³/mol. The highest BCUT2D eigenvalue weighted by molar-refractivity contribution is 5.95. The summed E-state index contributed by atoms with van der Waals surface area (Å²) in [6.45, 7) is 1.96. The summed E-state index contributed by atoms with van der Waals surface area (Å²) in [5.41, 5.74) is 0.711. The molecular weight excluding hydrogens is 194 g/mol. The first-order valence-corrected chi connectivity index (χ1v) is 4.71. The molecule has 0 aliphatic carbocycles. The van der Waals surface area contributed by atoms with Gasteiger partial charge in [-0.05, 0) is 19.1 Å². The number of rotatable bonds is 5. The Morgan fingerprint density at radius 2 is 2.13 bits per heavy atom. The van der Waals surface area contributed by atoms with E-state index >= 15 is 0 Å². The number of benzene rings is 1. The molecular formula is C11H13NO3. The number of esters is 1. The lowest BCUT2D eigenvalue weighted by atomic mass is 10.2. The zero-order valence-electron chi connectivity index (χ0n) is 8.47. The summed E-state index contributed by atoms with van der Waals surface area (Å²) in [4.78, 5) is 21.9. The molecule has 0 amide bonds. The fraction of sp³-hybridized carbons (Fsp3) is 0.273. The van der Waals surface area contributed by atoms with E-state index in [1.807, 2.05) is 18.2 Å². The van der Waals surface area contributed by atoms with Crippen molar-refractivity contribution in [3.63, 3.8) is 0 Å². The van der Waals surface area contributed by atoms with Gasteiger partial charge in [-0.15, -0.1) is 0 Å². The third-order valence-electron chi connectivity index (χ3n) is 1.77. The summed E-state index contributed by atoms with van der Waals surface area (Å²) in [6.07, 6.45) is 0.533. The minimum atomic E-state index is -0.938. The van der Waals surface area contributed by atoms with E-state index in [1.165, 1.54) is 0 Å². The van der Waals surface area contributed by atoms with Crippen LogP contribution in [0.15, 0.2) is 30.3 Å². The number of aldehydes is 1. The van der Waals surface area contributed by atoms with Crippen LogP contribution in [0.3, 0.4) is 0 Å². The number of anilines is 1. The lowest BCUT2D eigenvalue weighted by Crippen LogP contribution is -2.32. The van der Waals surface area contributed by atoms with Crippen molar-refractivity contribution in [1.82, 2.24) is 0 Å². The summed E-state index contributed by atoms with van der Waals surface area (Å²) in [7, 11) is 0. The molecule has 0 heterocycles. The van der Waals surface area contributed by atoms with Gasteiger partial charge in [0.05, 0.1) is 6.61 Å². The second-order valence-electron chi connectivity index (χ2n) is 2.88. The Balaban J connectivity index is 2.62. The first-order chi connectivity index (χ1) is 7.27. The van der Waals surface area contributed by atoms with Gasteiger partial charge in [0, 0.05) is 5.69 Å². The van der Waals surface area contributed by atoms with Crippen molar-refractivity contribution in [3.8, 4) is 0 Å². The molecule has 15 heavy (non-hydrogen) atoms. The maximum Gasteiger partial charge on any atom is 0.336 e. The molecule has 1 atom stereocenters. The van der Waals surface area contributed by atoms with Crippen LogP contribution in [0.1, 0.15) is 6.92 Å². The van der Waals surface area contributed by atoms with Gasteiger partial charge in [0.15, 0.2) is 12.3 Å². The zero-order chi connectivity index (χ0) is 11.1. The Labute approximate surface area is 88.2 Å². The molecule has 0 fully saturated rings. The van der Waals surface area contributed by atoms with Gasteiger partial charge in [-0.2, -0.15) is 0 Å². The van der Waals surface area contributed by atoms with Crippen LogP contribution in [0.2, 0.25) is 0 Å². The first kappa shape index (κ1) is 11.2. The number of carbonyl (C=O) groups excluding carboxylic acids is 2. The SMILES string of the molecule is CCOC(=O)C(C=O)Nc1ccccc1. The van der Waals surface area contributed by atoms with E-state index in [0.717, 1.165) is 0 Å². The third-order valence-corrected chi connectivity index (χ3v) is 1.77. The predicted octanol–water partition coefficient (Wildman–Crippen LogP) is 1.23. The molecule has 0 saturated carbocycles. The highest BCUT2D eigenvalue weighted by Crippen LogP contribution is 2.06. The van der Waals surface area contributed by atoms with Crippen LogP contribution in [0.25, 0.3) is 0 Å². The largest absolute Gasteiger partial charge is 0.464 e. The molecule has 0 aromatic heterocycles. The van der Waals surface area contributed by atoms with E-state index in [0.29, 0.717) is 12.0 Å². The van der Waals surface area contributed by atoms with Gasteiger partial charge in [0.1, 0.15) is 0 Å². The average molecular weight is 207 g/mol. The van der Waals surface area contributed by atoms with Crippen molar-refractivity contribution in [2.45, 2.75) is 13.0 Å². The number of hydrogen-bond acceptors (Lipinski definition) is 4. The maximum atomic E-state index is 11.3. The van der Waals surface area contributed by atoms with Gasteiger partial charge < -0.3 is 14.8 Å². The molecule has 4 nitrogen and oxygen atoms in total. The second-order valence-corrected chi connectivity index (χ2v) is 2.88. The molecule has 0 radical (unpaired) electrons. The average Bonchev–Trinajstić information content (AvgIpc) is 2.27. The fourth-order valence-corrected chi connectivity index (χ4v) is 1.09. The highest BCUT2D eigenvalue weighted by atomic mass is 16.5. The van der Waals surface area contributed by atoms with E-state index in [2.05, 4.69) is 5.32 Å². The lowest BCUT2D eigenvalue weighted by molar-refractivity contribution is -0.144.